The molecule has 90 heavy (non-hydrogen) atoms. The van der Waals surface area contributed by atoms with Gasteiger partial charge in [-0.05, 0) is 49.4 Å². The van der Waals surface area contributed by atoms with Crippen molar-refractivity contribution < 1.29 is 80.2 Å². The molecule has 0 aromatic heterocycles. The number of phosphoric ester groups is 2. The number of carbonyl (C=O) groups excluding carboxylic acids is 4. The van der Waals surface area contributed by atoms with Gasteiger partial charge in [-0.2, -0.15) is 0 Å². The van der Waals surface area contributed by atoms with Gasteiger partial charge in [-0.1, -0.05) is 299 Å². The summed E-state index contributed by atoms with van der Waals surface area (Å²) in [6.07, 6.45) is 43.2. The summed E-state index contributed by atoms with van der Waals surface area (Å²) in [5, 5.41) is 10.6. The molecule has 6 atom stereocenters. The van der Waals surface area contributed by atoms with E-state index >= 15 is 0 Å². The first kappa shape index (κ1) is 88.1. The second-order valence-electron chi connectivity index (χ2n) is 27.3. The zero-order valence-electron chi connectivity index (χ0n) is 58.8. The molecule has 0 amide bonds. The number of phosphoric acid groups is 2. The van der Waals surface area contributed by atoms with Crippen LogP contribution in [0.4, 0.5) is 0 Å². The summed E-state index contributed by atoms with van der Waals surface area (Å²) in [5.74, 6) is 0.840. The van der Waals surface area contributed by atoms with E-state index < -0.39 is 97.5 Å². The smallest absolute Gasteiger partial charge is 0.462 e. The highest BCUT2D eigenvalue weighted by Gasteiger charge is 2.30. The van der Waals surface area contributed by atoms with E-state index in [4.69, 9.17) is 37.0 Å². The SMILES string of the molecule is CCC(C)CCCCCCCCC(=O)O[C@H](COC(=O)CCCCCCCCCCCC(C)C)COP(=O)(O)OCC(O)COP(=O)(O)OC[C@@H](COC(=O)CCCCCCCCCC(C)C)OC(=O)CCCCCCCCCCCCCCCCCC(C)C. The lowest BCUT2D eigenvalue weighted by molar-refractivity contribution is -0.161. The molecule has 0 bridgehead atoms. The van der Waals surface area contributed by atoms with Gasteiger partial charge in [-0.15, -0.1) is 0 Å². The fourth-order valence-electron chi connectivity index (χ4n) is 10.6. The van der Waals surface area contributed by atoms with Gasteiger partial charge in [0.1, 0.15) is 19.3 Å². The van der Waals surface area contributed by atoms with Crippen LogP contribution >= 0.6 is 15.6 Å². The highest BCUT2D eigenvalue weighted by Crippen LogP contribution is 2.45. The number of aliphatic hydroxyl groups is 1. The fraction of sp³-hybridized carbons (Fsp3) is 0.944. The first-order chi connectivity index (χ1) is 43.1. The third-order valence-corrected chi connectivity index (χ3v) is 18.6. The molecule has 0 spiro atoms. The van der Waals surface area contributed by atoms with Crippen molar-refractivity contribution in [2.45, 2.75) is 369 Å². The second kappa shape index (κ2) is 60.7. The maximum absolute atomic E-state index is 13.0. The maximum atomic E-state index is 13.0. The highest BCUT2D eigenvalue weighted by molar-refractivity contribution is 7.47. The lowest BCUT2D eigenvalue weighted by atomic mass is 10.00. The summed E-state index contributed by atoms with van der Waals surface area (Å²) in [6.45, 7) is 14.1. The number of aliphatic hydroxyl groups excluding tert-OH is 1. The Balaban J connectivity index is 5.21. The summed E-state index contributed by atoms with van der Waals surface area (Å²) < 4.78 is 68.3. The Morgan fingerprint density at radius 3 is 0.789 bits per heavy atom. The average molecular weight is 1330 g/mol. The van der Waals surface area contributed by atoms with Crippen LogP contribution in [-0.2, 0) is 65.4 Å². The number of unbranched alkanes of at least 4 members (excludes halogenated alkanes) is 33. The van der Waals surface area contributed by atoms with E-state index in [9.17, 15) is 43.2 Å². The van der Waals surface area contributed by atoms with Gasteiger partial charge in [0.05, 0.1) is 26.4 Å². The van der Waals surface area contributed by atoms with Gasteiger partial charge in [0.25, 0.3) is 0 Å². The van der Waals surface area contributed by atoms with E-state index in [0.29, 0.717) is 31.6 Å². The summed E-state index contributed by atoms with van der Waals surface area (Å²) >= 11 is 0. The van der Waals surface area contributed by atoms with Gasteiger partial charge >= 0.3 is 39.5 Å². The zero-order chi connectivity index (χ0) is 66.8. The van der Waals surface area contributed by atoms with E-state index in [1.807, 2.05) is 0 Å². The van der Waals surface area contributed by atoms with Crippen molar-refractivity contribution in [1.82, 2.24) is 0 Å². The molecule has 0 aromatic carbocycles. The standard InChI is InChI=1S/C71H138O17P2/c1-9-64(8)50-42-34-29-30-38-46-54-71(76)88-67(58-81-68(73)51-43-35-26-21-17-19-24-32-40-48-62(4)5)60-86-90(79,80)84-56-65(72)55-83-89(77,78)85-59-66(57-82-69(74)52-44-36-28-22-25-33-41-49-63(6)7)87-70(75)53-45-37-27-20-16-14-12-10-11-13-15-18-23-31-39-47-61(2)3/h61-67,72H,9-60H2,1-8H3,(H,77,78)(H,79,80)/t64?,65?,66-,67-/m1/s1. The number of ether oxygens (including phenoxy) is 4. The van der Waals surface area contributed by atoms with Gasteiger partial charge in [-0.3, -0.25) is 37.3 Å². The number of rotatable bonds is 68. The fourth-order valence-corrected chi connectivity index (χ4v) is 12.2. The molecule has 534 valence electrons. The minimum atomic E-state index is -4.95. The molecule has 0 aliphatic heterocycles. The number of esters is 4. The van der Waals surface area contributed by atoms with Crippen molar-refractivity contribution in [3.63, 3.8) is 0 Å². The molecule has 0 aromatic rings. The molecular weight excluding hydrogens is 1190 g/mol. The van der Waals surface area contributed by atoms with Crippen LogP contribution < -0.4 is 0 Å². The molecule has 3 N–H and O–H groups in total. The normalized spacial score (nSPS) is 14.6. The third kappa shape index (κ3) is 63.5. The first-order valence-corrected chi connectivity index (χ1v) is 39.7. The molecule has 0 saturated heterocycles. The summed E-state index contributed by atoms with van der Waals surface area (Å²) in [7, 11) is -9.90. The molecular formula is C71H138O17P2. The zero-order valence-corrected chi connectivity index (χ0v) is 60.6. The Morgan fingerprint density at radius 2 is 0.533 bits per heavy atom. The molecule has 0 heterocycles. The Labute approximate surface area is 549 Å². The Morgan fingerprint density at radius 1 is 0.311 bits per heavy atom. The Kier molecular flexibility index (Phi) is 59.4. The number of hydrogen-bond acceptors (Lipinski definition) is 15. The van der Waals surface area contributed by atoms with Gasteiger partial charge in [0.15, 0.2) is 12.2 Å². The molecule has 0 rings (SSSR count). The second-order valence-corrected chi connectivity index (χ2v) is 30.2. The minimum Gasteiger partial charge on any atom is -0.462 e. The largest absolute Gasteiger partial charge is 0.472 e. The van der Waals surface area contributed by atoms with Crippen LogP contribution in [0.2, 0.25) is 0 Å². The topological polar surface area (TPSA) is 237 Å². The van der Waals surface area contributed by atoms with Crippen LogP contribution in [0, 0.1) is 23.7 Å². The first-order valence-electron chi connectivity index (χ1n) is 36.7. The molecule has 0 radical (unpaired) electrons. The quantitative estimate of drug-likeness (QED) is 0.0222. The van der Waals surface area contributed by atoms with Gasteiger partial charge in [0.2, 0.25) is 0 Å². The van der Waals surface area contributed by atoms with Crippen LogP contribution in [0.5, 0.6) is 0 Å². The van der Waals surface area contributed by atoms with Gasteiger partial charge in [0, 0.05) is 25.7 Å². The molecule has 19 heteroatoms. The van der Waals surface area contributed by atoms with E-state index in [0.717, 1.165) is 114 Å². The lowest BCUT2D eigenvalue weighted by Gasteiger charge is -2.21. The molecule has 0 aliphatic carbocycles. The van der Waals surface area contributed by atoms with E-state index in [1.165, 1.54) is 148 Å². The van der Waals surface area contributed by atoms with Crippen LogP contribution in [0.15, 0.2) is 0 Å². The van der Waals surface area contributed by atoms with Crippen molar-refractivity contribution >= 4 is 39.5 Å². The van der Waals surface area contributed by atoms with Crippen LogP contribution in [0.1, 0.15) is 351 Å². The summed E-state index contributed by atoms with van der Waals surface area (Å²) in [5.41, 5.74) is 0. The number of carbonyl (C=O) groups is 4. The maximum Gasteiger partial charge on any atom is 0.472 e. The molecule has 17 nitrogen and oxygen atoms in total. The monoisotopic (exact) mass is 1320 g/mol. The molecule has 0 aliphatic rings. The predicted molar refractivity (Wildman–Crippen MR) is 363 cm³/mol. The van der Waals surface area contributed by atoms with Crippen molar-refractivity contribution in [2.24, 2.45) is 23.7 Å². The van der Waals surface area contributed by atoms with Crippen molar-refractivity contribution in [3.05, 3.63) is 0 Å². The van der Waals surface area contributed by atoms with Crippen molar-refractivity contribution in [3.8, 4) is 0 Å². The minimum absolute atomic E-state index is 0.102. The number of hydrogen-bond donors (Lipinski definition) is 3. The lowest BCUT2D eigenvalue weighted by Crippen LogP contribution is -2.30. The Bertz CT molecular complexity index is 1780. The summed E-state index contributed by atoms with van der Waals surface area (Å²) in [6, 6.07) is 0. The predicted octanol–water partition coefficient (Wildman–Crippen LogP) is 20.1. The van der Waals surface area contributed by atoms with E-state index in [-0.39, 0.29) is 25.7 Å². The van der Waals surface area contributed by atoms with Gasteiger partial charge < -0.3 is 33.8 Å². The average Bonchev–Trinajstić information content (AvgIpc) is 3.71. The van der Waals surface area contributed by atoms with Crippen LogP contribution in [-0.4, -0.2) is 96.7 Å². The highest BCUT2D eigenvalue weighted by atomic mass is 31.2. The Hall–Kier alpha value is -1.94. The van der Waals surface area contributed by atoms with Crippen LogP contribution in [0.25, 0.3) is 0 Å². The summed E-state index contributed by atoms with van der Waals surface area (Å²) in [4.78, 5) is 72.5. The van der Waals surface area contributed by atoms with E-state index in [2.05, 4.69) is 55.4 Å². The molecule has 4 unspecified atom stereocenters. The van der Waals surface area contributed by atoms with Crippen LogP contribution in [0.3, 0.4) is 0 Å². The van der Waals surface area contributed by atoms with Gasteiger partial charge in [-0.25, -0.2) is 9.13 Å². The molecule has 0 fully saturated rings. The molecule has 0 saturated carbocycles. The van der Waals surface area contributed by atoms with Crippen molar-refractivity contribution in [2.75, 3.05) is 39.6 Å². The van der Waals surface area contributed by atoms with Crippen molar-refractivity contribution in [1.29, 1.82) is 0 Å². The third-order valence-electron chi connectivity index (χ3n) is 16.7. The van der Waals surface area contributed by atoms with E-state index in [1.54, 1.807) is 0 Å².